The van der Waals surface area contributed by atoms with Gasteiger partial charge in [0, 0.05) is 25.2 Å². The lowest BCUT2D eigenvalue weighted by molar-refractivity contribution is -0.146. The van der Waals surface area contributed by atoms with Gasteiger partial charge >= 0.3 is 5.97 Å². The second-order valence-corrected chi connectivity index (χ2v) is 4.87. The van der Waals surface area contributed by atoms with E-state index in [9.17, 15) is 23.5 Å². The summed E-state index contributed by atoms with van der Waals surface area (Å²) in [6.45, 7) is 0.490. The molecule has 1 saturated heterocycles. The fraction of sp³-hybridized carbons (Fsp3) is 0.429. The van der Waals surface area contributed by atoms with Gasteiger partial charge in [-0.25, -0.2) is 8.78 Å². The number of halogens is 2. The van der Waals surface area contributed by atoms with Crippen LogP contribution in [0.1, 0.15) is 23.2 Å². The SMILES string of the molecule is COC(=O)C1CCN(C(=O)c2c(O)cc(F)cc2F)CC1. The predicted molar refractivity (Wildman–Crippen MR) is 68.7 cm³/mol. The number of carbonyl (C=O) groups excluding carboxylic acids is 2. The van der Waals surface area contributed by atoms with Crippen LogP contribution in [0.3, 0.4) is 0 Å². The Balaban J connectivity index is 2.11. The molecule has 0 spiro atoms. The first-order chi connectivity index (χ1) is 9.93. The van der Waals surface area contributed by atoms with Crippen LogP contribution in [0.5, 0.6) is 5.75 Å². The quantitative estimate of drug-likeness (QED) is 0.844. The molecule has 7 heteroatoms. The summed E-state index contributed by atoms with van der Waals surface area (Å²) in [5.74, 6) is -4.12. The second kappa shape index (κ2) is 6.07. The third-order valence-corrected chi connectivity index (χ3v) is 3.56. The van der Waals surface area contributed by atoms with Crippen molar-refractivity contribution in [3.05, 3.63) is 29.3 Å². The fourth-order valence-electron chi connectivity index (χ4n) is 2.41. The molecule has 0 bridgehead atoms. The number of piperidine rings is 1. The monoisotopic (exact) mass is 299 g/mol. The number of hydrogen-bond donors (Lipinski definition) is 1. The summed E-state index contributed by atoms with van der Waals surface area (Å²) in [7, 11) is 1.30. The predicted octanol–water partition coefficient (Wildman–Crippen LogP) is 1.70. The van der Waals surface area contributed by atoms with Crippen LogP contribution < -0.4 is 0 Å². The van der Waals surface area contributed by atoms with Gasteiger partial charge in [-0.2, -0.15) is 0 Å². The summed E-state index contributed by atoms with van der Waals surface area (Å²) in [5.41, 5.74) is -0.548. The molecular formula is C14H15F2NO4. The van der Waals surface area contributed by atoms with E-state index in [0.717, 1.165) is 0 Å². The molecule has 1 N–H and O–H groups in total. The van der Waals surface area contributed by atoms with Crippen molar-refractivity contribution in [2.45, 2.75) is 12.8 Å². The average molecular weight is 299 g/mol. The molecule has 0 aliphatic carbocycles. The van der Waals surface area contributed by atoms with E-state index in [4.69, 9.17) is 0 Å². The van der Waals surface area contributed by atoms with Crippen LogP contribution in [0.4, 0.5) is 8.78 Å². The molecule has 0 atom stereocenters. The molecule has 1 aliphatic heterocycles. The van der Waals surface area contributed by atoms with Crippen molar-refractivity contribution in [3.8, 4) is 5.75 Å². The first-order valence-electron chi connectivity index (χ1n) is 6.49. The minimum absolute atomic E-state index is 0.245. The number of benzene rings is 1. The van der Waals surface area contributed by atoms with E-state index in [0.29, 0.717) is 25.0 Å². The Kier molecular flexibility index (Phi) is 4.40. The molecule has 5 nitrogen and oxygen atoms in total. The normalized spacial score (nSPS) is 15.9. The summed E-state index contributed by atoms with van der Waals surface area (Å²) >= 11 is 0. The minimum Gasteiger partial charge on any atom is -0.507 e. The number of ether oxygens (including phenoxy) is 1. The largest absolute Gasteiger partial charge is 0.507 e. The van der Waals surface area contributed by atoms with Gasteiger partial charge in [-0.3, -0.25) is 9.59 Å². The first kappa shape index (κ1) is 15.2. The molecule has 0 radical (unpaired) electrons. The van der Waals surface area contributed by atoms with Gasteiger partial charge < -0.3 is 14.7 Å². The van der Waals surface area contributed by atoms with Crippen molar-refractivity contribution >= 4 is 11.9 Å². The summed E-state index contributed by atoms with van der Waals surface area (Å²) in [5, 5.41) is 9.55. The molecule has 114 valence electrons. The van der Waals surface area contributed by atoms with Crippen LogP contribution >= 0.6 is 0 Å². The van der Waals surface area contributed by atoms with E-state index in [1.807, 2.05) is 0 Å². The van der Waals surface area contributed by atoms with Gasteiger partial charge in [-0.05, 0) is 12.8 Å². The second-order valence-electron chi connectivity index (χ2n) is 4.87. The van der Waals surface area contributed by atoms with Crippen molar-refractivity contribution in [1.29, 1.82) is 0 Å². The molecule has 0 unspecified atom stereocenters. The number of likely N-dealkylation sites (tertiary alicyclic amines) is 1. The molecule has 2 rings (SSSR count). The molecule has 1 fully saturated rings. The number of carbonyl (C=O) groups is 2. The molecule has 1 aromatic rings. The van der Waals surface area contributed by atoms with Gasteiger partial charge in [0.25, 0.3) is 5.91 Å². The van der Waals surface area contributed by atoms with E-state index < -0.39 is 28.9 Å². The Morgan fingerprint density at radius 2 is 1.90 bits per heavy atom. The van der Waals surface area contributed by atoms with Gasteiger partial charge in [0.15, 0.2) is 0 Å². The lowest BCUT2D eigenvalue weighted by Crippen LogP contribution is -2.40. The summed E-state index contributed by atoms with van der Waals surface area (Å²) in [4.78, 5) is 24.9. The highest BCUT2D eigenvalue weighted by molar-refractivity contribution is 5.97. The molecule has 1 amide bonds. The Hall–Kier alpha value is -2.18. The first-order valence-corrected chi connectivity index (χ1v) is 6.49. The highest BCUT2D eigenvalue weighted by Crippen LogP contribution is 2.26. The van der Waals surface area contributed by atoms with Gasteiger partial charge in [-0.1, -0.05) is 0 Å². The van der Waals surface area contributed by atoms with Crippen molar-refractivity contribution < 1.29 is 28.2 Å². The minimum atomic E-state index is -1.10. The maximum atomic E-state index is 13.7. The molecule has 21 heavy (non-hydrogen) atoms. The zero-order chi connectivity index (χ0) is 15.6. The Labute approximate surface area is 120 Å². The van der Waals surface area contributed by atoms with E-state index in [1.165, 1.54) is 12.0 Å². The third kappa shape index (κ3) is 3.12. The van der Waals surface area contributed by atoms with Crippen LogP contribution in [-0.4, -0.2) is 42.1 Å². The zero-order valence-corrected chi connectivity index (χ0v) is 11.4. The molecule has 0 saturated carbocycles. The molecule has 1 aliphatic rings. The number of esters is 1. The van der Waals surface area contributed by atoms with Gasteiger partial charge in [-0.15, -0.1) is 0 Å². The van der Waals surface area contributed by atoms with Crippen molar-refractivity contribution in [2.75, 3.05) is 20.2 Å². The fourth-order valence-corrected chi connectivity index (χ4v) is 2.41. The lowest BCUT2D eigenvalue weighted by Gasteiger charge is -2.30. The topological polar surface area (TPSA) is 66.8 Å². The Morgan fingerprint density at radius 3 is 2.43 bits per heavy atom. The summed E-state index contributed by atoms with van der Waals surface area (Å²) in [6, 6.07) is 1.24. The van der Waals surface area contributed by atoms with Crippen LogP contribution in [0.25, 0.3) is 0 Å². The zero-order valence-electron chi connectivity index (χ0n) is 11.4. The van der Waals surface area contributed by atoms with Crippen LogP contribution in [0.15, 0.2) is 12.1 Å². The van der Waals surface area contributed by atoms with Crippen molar-refractivity contribution in [2.24, 2.45) is 5.92 Å². The van der Waals surface area contributed by atoms with Crippen LogP contribution in [-0.2, 0) is 9.53 Å². The number of aromatic hydroxyl groups is 1. The van der Waals surface area contributed by atoms with Crippen molar-refractivity contribution in [3.63, 3.8) is 0 Å². The number of phenolic OH excluding ortho intramolecular Hbond substituents is 1. The van der Waals surface area contributed by atoms with E-state index in [-0.39, 0.29) is 25.0 Å². The molecule has 1 heterocycles. The number of hydrogen-bond acceptors (Lipinski definition) is 4. The maximum Gasteiger partial charge on any atom is 0.308 e. The highest BCUT2D eigenvalue weighted by atomic mass is 19.1. The number of amides is 1. The average Bonchev–Trinajstić information content (AvgIpc) is 2.45. The maximum absolute atomic E-state index is 13.7. The van der Waals surface area contributed by atoms with E-state index in [1.54, 1.807) is 0 Å². The molecule has 1 aromatic carbocycles. The number of methoxy groups -OCH3 is 1. The molecular weight excluding hydrogens is 284 g/mol. The standard InChI is InChI=1S/C14H15F2NO4/c1-21-14(20)8-2-4-17(5-3-8)13(19)12-10(16)6-9(15)7-11(12)18/h6-8,18H,2-5H2,1H3. The molecule has 0 aromatic heterocycles. The van der Waals surface area contributed by atoms with Gasteiger partial charge in [0.05, 0.1) is 13.0 Å². The van der Waals surface area contributed by atoms with Crippen LogP contribution in [0.2, 0.25) is 0 Å². The summed E-state index contributed by atoms with van der Waals surface area (Å²) < 4.78 is 31.2. The lowest BCUT2D eigenvalue weighted by atomic mass is 9.96. The van der Waals surface area contributed by atoms with Gasteiger partial charge in [0.1, 0.15) is 22.9 Å². The van der Waals surface area contributed by atoms with Gasteiger partial charge in [0.2, 0.25) is 0 Å². The van der Waals surface area contributed by atoms with Crippen molar-refractivity contribution in [1.82, 2.24) is 4.90 Å². The van der Waals surface area contributed by atoms with Crippen LogP contribution in [0, 0.1) is 17.6 Å². The summed E-state index contributed by atoms with van der Waals surface area (Å²) in [6.07, 6.45) is 0.810. The van der Waals surface area contributed by atoms with E-state index >= 15 is 0 Å². The third-order valence-electron chi connectivity index (χ3n) is 3.56. The Bertz CT molecular complexity index is 545. The Morgan fingerprint density at radius 1 is 1.29 bits per heavy atom. The number of nitrogens with zero attached hydrogens (tertiary/aromatic N) is 1. The van der Waals surface area contributed by atoms with E-state index in [2.05, 4.69) is 4.74 Å². The highest BCUT2D eigenvalue weighted by Gasteiger charge is 2.30. The number of rotatable bonds is 2. The number of phenols is 1. The smallest absolute Gasteiger partial charge is 0.308 e.